The van der Waals surface area contributed by atoms with Crippen molar-refractivity contribution in [2.45, 2.75) is 31.3 Å². The lowest BCUT2D eigenvalue weighted by Crippen LogP contribution is -2.45. The molecule has 0 aliphatic carbocycles. The summed E-state index contributed by atoms with van der Waals surface area (Å²) in [5, 5.41) is 6.99. The van der Waals surface area contributed by atoms with Crippen LogP contribution in [-0.2, 0) is 0 Å². The summed E-state index contributed by atoms with van der Waals surface area (Å²) in [5.41, 5.74) is 0. The van der Waals surface area contributed by atoms with Gasteiger partial charge in [-0.15, -0.1) is 0 Å². The number of likely N-dealkylation sites (N-methyl/N-ethyl adjacent to an activating group) is 2. The Morgan fingerprint density at radius 2 is 1.85 bits per heavy atom. The third-order valence-electron chi connectivity index (χ3n) is 4.18. The molecular formula is C16H30N4. The molecule has 2 N–H and O–H groups in total. The van der Waals surface area contributed by atoms with Gasteiger partial charge in [0.05, 0.1) is 6.04 Å². The first-order valence-electron chi connectivity index (χ1n) is 7.94. The van der Waals surface area contributed by atoms with E-state index in [1.165, 1.54) is 32.4 Å². The first-order valence-corrected chi connectivity index (χ1v) is 7.94. The fourth-order valence-electron chi connectivity index (χ4n) is 2.92. The van der Waals surface area contributed by atoms with Crippen LogP contribution >= 0.6 is 0 Å². The summed E-state index contributed by atoms with van der Waals surface area (Å²) < 4.78 is 0. The normalized spacial score (nSPS) is 26.2. The van der Waals surface area contributed by atoms with Crippen molar-refractivity contribution in [2.75, 3.05) is 46.8 Å². The summed E-state index contributed by atoms with van der Waals surface area (Å²) in [5.74, 6) is 0. The second kappa shape index (κ2) is 8.45. The van der Waals surface area contributed by atoms with Crippen LogP contribution in [-0.4, -0.2) is 68.7 Å². The fourth-order valence-corrected chi connectivity index (χ4v) is 2.92. The number of allylic oxidation sites excluding steroid dienone is 2. The van der Waals surface area contributed by atoms with Gasteiger partial charge in [-0.2, -0.15) is 0 Å². The van der Waals surface area contributed by atoms with Crippen molar-refractivity contribution < 1.29 is 0 Å². The van der Waals surface area contributed by atoms with Crippen molar-refractivity contribution in [1.29, 1.82) is 0 Å². The van der Waals surface area contributed by atoms with E-state index in [2.05, 4.69) is 46.7 Å². The van der Waals surface area contributed by atoms with Gasteiger partial charge in [0.1, 0.15) is 0 Å². The van der Waals surface area contributed by atoms with Crippen molar-refractivity contribution in [1.82, 2.24) is 20.4 Å². The molecule has 0 amide bonds. The molecule has 1 fully saturated rings. The van der Waals surface area contributed by atoms with Gasteiger partial charge < -0.3 is 20.4 Å². The van der Waals surface area contributed by atoms with Crippen LogP contribution in [0.25, 0.3) is 0 Å². The molecule has 0 aromatic heterocycles. The first-order chi connectivity index (χ1) is 9.74. The van der Waals surface area contributed by atoms with E-state index in [9.17, 15) is 0 Å². The molecule has 1 saturated heterocycles. The summed E-state index contributed by atoms with van der Waals surface area (Å²) in [7, 11) is 4.45. The number of hydrogen-bond acceptors (Lipinski definition) is 4. The van der Waals surface area contributed by atoms with Crippen molar-refractivity contribution in [3.05, 3.63) is 24.4 Å². The highest BCUT2D eigenvalue weighted by molar-refractivity contribution is 5.12. The maximum absolute atomic E-state index is 3.62. The van der Waals surface area contributed by atoms with Crippen molar-refractivity contribution in [3.63, 3.8) is 0 Å². The molecule has 2 heterocycles. The molecular weight excluding hydrogens is 248 g/mol. The van der Waals surface area contributed by atoms with Crippen LogP contribution in [0.5, 0.6) is 0 Å². The molecule has 2 aliphatic rings. The number of piperidine rings is 1. The van der Waals surface area contributed by atoms with Crippen LogP contribution in [0.15, 0.2) is 24.4 Å². The van der Waals surface area contributed by atoms with Crippen molar-refractivity contribution in [2.24, 2.45) is 0 Å². The minimum absolute atomic E-state index is 0.454. The second-order valence-electron chi connectivity index (χ2n) is 6.19. The zero-order valence-electron chi connectivity index (χ0n) is 13.0. The zero-order valence-corrected chi connectivity index (χ0v) is 13.0. The summed E-state index contributed by atoms with van der Waals surface area (Å²) in [6.07, 6.45) is 12.5. The quantitative estimate of drug-likeness (QED) is 0.728. The largest absolute Gasteiger partial charge is 0.383 e. The Hall–Kier alpha value is -0.840. The number of nitrogens with one attached hydrogen (secondary N) is 2. The van der Waals surface area contributed by atoms with Crippen LogP contribution in [0.4, 0.5) is 0 Å². The van der Waals surface area contributed by atoms with Gasteiger partial charge in [0.25, 0.3) is 0 Å². The lowest BCUT2D eigenvalue weighted by Gasteiger charge is -2.30. The van der Waals surface area contributed by atoms with Gasteiger partial charge in [-0.05, 0) is 45.8 Å². The number of dihydropyridines is 1. The second-order valence-corrected chi connectivity index (χ2v) is 6.19. The Morgan fingerprint density at radius 3 is 2.50 bits per heavy atom. The summed E-state index contributed by atoms with van der Waals surface area (Å²) in [4.78, 5) is 4.87. The van der Waals surface area contributed by atoms with Gasteiger partial charge in [0.15, 0.2) is 0 Å². The number of rotatable bonds is 7. The monoisotopic (exact) mass is 278 g/mol. The van der Waals surface area contributed by atoms with Gasteiger partial charge in [0, 0.05) is 32.2 Å². The van der Waals surface area contributed by atoms with E-state index < -0.39 is 0 Å². The van der Waals surface area contributed by atoms with Crippen LogP contribution in [0.1, 0.15) is 19.3 Å². The van der Waals surface area contributed by atoms with Crippen molar-refractivity contribution in [3.8, 4) is 0 Å². The topological polar surface area (TPSA) is 30.5 Å². The molecule has 4 nitrogen and oxygen atoms in total. The fraction of sp³-hybridized carbons (Fsp3) is 0.750. The SMILES string of the molecule is CN(CCN(C)CC1CCCCN1)CC1C=CC=CN1. The number of nitrogens with zero attached hydrogens (tertiary/aromatic N) is 2. The predicted molar refractivity (Wildman–Crippen MR) is 85.8 cm³/mol. The molecule has 0 radical (unpaired) electrons. The first kappa shape index (κ1) is 15.5. The van der Waals surface area contributed by atoms with E-state index in [1.54, 1.807) is 0 Å². The molecule has 2 atom stereocenters. The average molecular weight is 278 g/mol. The Morgan fingerprint density at radius 1 is 1.05 bits per heavy atom. The predicted octanol–water partition coefficient (Wildman–Crippen LogP) is 1.03. The molecule has 114 valence electrons. The molecule has 0 bridgehead atoms. The van der Waals surface area contributed by atoms with E-state index in [0.717, 1.165) is 19.6 Å². The average Bonchev–Trinajstić information content (AvgIpc) is 2.47. The summed E-state index contributed by atoms with van der Waals surface area (Å²) >= 11 is 0. The smallest absolute Gasteiger partial charge is 0.0569 e. The molecule has 20 heavy (non-hydrogen) atoms. The van der Waals surface area contributed by atoms with Gasteiger partial charge >= 0.3 is 0 Å². The van der Waals surface area contributed by atoms with Gasteiger partial charge in [-0.25, -0.2) is 0 Å². The highest BCUT2D eigenvalue weighted by Crippen LogP contribution is 2.07. The van der Waals surface area contributed by atoms with E-state index in [4.69, 9.17) is 0 Å². The van der Waals surface area contributed by atoms with E-state index in [1.807, 2.05) is 12.3 Å². The minimum atomic E-state index is 0.454. The third-order valence-corrected chi connectivity index (χ3v) is 4.18. The Kier molecular flexibility index (Phi) is 6.57. The van der Waals surface area contributed by atoms with Gasteiger partial charge in [-0.3, -0.25) is 0 Å². The molecule has 2 aliphatic heterocycles. The maximum Gasteiger partial charge on any atom is 0.0569 e. The molecule has 4 heteroatoms. The highest BCUT2D eigenvalue weighted by Gasteiger charge is 2.15. The Labute approximate surface area is 123 Å². The maximum atomic E-state index is 3.62. The van der Waals surface area contributed by atoms with E-state index >= 15 is 0 Å². The van der Waals surface area contributed by atoms with Crippen LogP contribution < -0.4 is 10.6 Å². The third kappa shape index (κ3) is 5.65. The molecule has 0 aromatic rings. The van der Waals surface area contributed by atoms with Crippen LogP contribution in [0.2, 0.25) is 0 Å². The molecule has 2 unspecified atom stereocenters. The Balaban J connectivity index is 1.58. The lowest BCUT2D eigenvalue weighted by molar-refractivity contribution is 0.222. The molecule has 0 spiro atoms. The highest BCUT2D eigenvalue weighted by atomic mass is 15.2. The molecule has 0 aromatic carbocycles. The Bertz CT molecular complexity index is 320. The minimum Gasteiger partial charge on any atom is -0.383 e. The van der Waals surface area contributed by atoms with Crippen LogP contribution in [0, 0.1) is 0 Å². The summed E-state index contributed by atoms with van der Waals surface area (Å²) in [6.45, 7) is 5.71. The van der Waals surface area contributed by atoms with Crippen LogP contribution in [0.3, 0.4) is 0 Å². The number of hydrogen-bond donors (Lipinski definition) is 2. The van der Waals surface area contributed by atoms with E-state index in [-0.39, 0.29) is 0 Å². The lowest BCUT2D eigenvalue weighted by atomic mass is 10.0. The standard InChI is InChI=1S/C16H30N4/c1-19(13-15-7-3-5-9-17-15)11-12-20(2)14-16-8-4-6-10-18-16/h3,5,7,9,15-18H,4,6,8,10-14H2,1-2H3. The summed E-state index contributed by atoms with van der Waals surface area (Å²) in [6, 6.07) is 1.16. The van der Waals surface area contributed by atoms with Gasteiger partial charge in [-0.1, -0.05) is 18.6 Å². The molecule has 2 rings (SSSR count). The van der Waals surface area contributed by atoms with Crippen molar-refractivity contribution >= 4 is 0 Å². The zero-order chi connectivity index (χ0) is 14.2. The molecule has 0 saturated carbocycles. The van der Waals surface area contributed by atoms with Gasteiger partial charge in [0.2, 0.25) is 0 Å². The van der Waals surface area contributed by atoms with E-state index in [0.29, 0.717) is 12.1 Å².